The largest absolute Gasteiger partial charge is 0.339 e. The molecule has 7 heteroatoms. The van der Waals surface area contributed by atoms with Crippen LogP contribution in [0.25, 0.3) is 0 Å². The average Bonchev–Trinajstić information content (AvgIpc) is 3.26. The second-order valence-corrected chi connectivity index (χ2v) is 9.41. The predicted octanol–water partition coefficient (Wildman–Crippen LogP) is 4.52. The Morgan fingerprint density at radius 3 is 1.89 bits per heavy atom. The van der Waals surface area contributed by atoms with Gasteiger partial charge in [-0.05, 0) is 35.4 Å². The summed E-state index contributed by atoms with van der Waals surface area (Å²) in [4.78, 5) is 33.7. The van der Waals surface area contributed by atoms with Crippen LogP contribution in [0.4, 0.5) is 10.5 Å². The Balaban J connectivity index is 1.20. The molecule has 35 heavy (non-hydrogen) atoms. The maximum Gasteiger partial charge on any atom is 0.325 e. The number of amides is 3. The van der Waals surface area contributed by atoms with Crippen molar-refractivity contribution in [3.05, 3.63) is 101 Å². The fraction of sp³-hybridized carbons (Fsp3) is 0.286. The molecule has 2 aliphatic heterocycles. The number of urea groups is 1. The van der Waals surface area contributed by atoms with Crippen molar-refractivity contribution in [3.8, 4) is 0 Å². The third-order valence-electron chi connectivity index (χ3n) is 6.82. The summed E-state index contributed by atoms with van der Waals surface area (Å²) in [6.45, 7) is 4.09. The normalized spacial score (nSPS) is 16.9. The Labute approximate surface area is 211 Å². The molecule has 6 nitrogen and oxygen atoms in total. The van der Waals surface area contributed by atoms with Gasteiger partial charge >= 0.3 is 6.03 Å². The average molecular weight is 489 g/mol. The van der Waals surface area contributed by atoms with Gasteiger partial charge in [0.25, 0.3) is 0 Å². The summed E-state index contributed by atoms with van der Waals surface area (Å²) in [7, 11) is 0. The van der Waals surface area contributed by atoms with Crippen molar-refractivity contribution >= 4 is 29.2 Å². The fourth-order valence-electron chi connectivity index (χ4n) is 4.97. The van der Waals surface area contributed by atoms with E-state index in [1.165, 1.54) is 11.1 Å². The van der Waals surface area contributed by atoms with Crippen LogP contribution in [0.1, 0.15) is 17.2 Å². The summed E-state index contributed by atoms with van der Waals surface area (Å²) in [5.74, 6) is 0.00642. The number of hydrogen-bond acceptors (Lipinski definition) is 3. The summed E-state index contributed by atoms with van der Waals surface area (Å²) >= 11 is 5.97. The van der Waals surface area contributed by atoms with Gasteiger partial charge in [0.1, 0.15) is 6.54 Å². The maximum atomic E-state index is 13.1. The lowest BCUT2D eigenvalue weighted by Gasteiger charge is -2.40. The first-order chi connectivity index (χ1) is 17.1. The van der Waals surface area contributed by atoms with Crippen molar-refractivity contribution in [3.63, 3.8) is 0 Å². The molecule has 0 spiro atoms. The standard InChI is InChI=1S/C28H29ClN4O2/c29-24-11-13-25(14-12-24)33-20-19-32(28(33)35)21-26(34)30-15-17-31(18-16-30)27(22-7-3-1-4-8-22)23-9-5-2-6-10-23/h1-14,27H,15-21H2. The van der Waals surface area contributed by atoms with Gasteiger partial charge in [0.15, 0.2) is 0 Å². The van der Waals surface area contributed by atoms with E-state index in [2.05, 4.69) is 53.4 Å². The van der Waals surface area contributed by atoms with Crippen LogP contribution < -0.4 is 4.90 Å². The van der Waals surface area contributed by atoms with E-state index < -0.39 is 0 Å². The molecule has 3 aromatic carbocycles. The SMILES string of the molecule is O=C(CN1CCN(c2ccc(Cl)cc2)C1=O)N1CCN(C(c2ccccc2)c2ccccc2)CC1. The highest BCUT2D eigenvalue weighted by Gasteiger charge is 2.33. The molecule has 2 saturated heterocycles. The first-order valence-corrected chi connectivity index (χ1v) is 12.4. The number of carbonyl (C=O) groups excluding carboxylic acids is 2. The predicted molar refractivity (Wildman–Crippen MR) is 139 cm³/mol. The van der Waals surface area contributed by atoms with Crippen LogP contribution in [-0.2, 0) is 4.79 Å². The molecular formula is C28H29ClN4O2. The molecule has 0 atom stereocenters. The van der Waals surface area contributed by atoms with Gasteiger partial charge in [-0.15, -0.1) is 0 Å². The Morgan fingerprint density at radius 1 is 0.743 bits per heavy atom. The van der Waals surface area contributed by atoms with E-state index in [0.717, 1.165) is 18.8 Å². The minimum absolute atomic E-state index is 0.00642. The second-order valence-electron chi connectivity index (χ2n) is 8.97. The third-order valence-corrected chi connectivity index (χ3v) is 7.07. The van der Waals surface area contributed by atoms with Crippen LogP contribution in [0.15, 0.2) is 84.9 Å². The molecule has 3 aromatic rings. The smallest absolute Gasteiger partial charge is 0.325 e. The van der Waals surface area contributed by atoms with Crippen molar-refractivity contribution in [1.29, 1.82) is 0 Å². The maximum absolute atomic E-state index is 13.1. The molecule has 3 amide bonds. The Hall–Kier alpha value is -3.35. The number of benzene rings is 3. The van der Waals surface area contributed by atoms with E-state index in [9.17, 15) is 9.59 Å². The second kappa shape index (κ2) is 10.5. The zero-order valence-electron chi connectivity index (χ0n) is 19.6. The number of halogens is 1. The minimum Gasteiger partial charge on any atom is -0.339 e. The minimum atomic E-state index is -0.132. The van der Waals surface area contributed by atoms with Crippen LogP contribution in [0.3, 0.4) is 0 Å². The van der Waals surface area contributed by atoms with Gasteiger partial charge < -0.3 is 9.80 Å². The van der Waals surface area contributed by atoms with Gasteiger partial charge in [-0.2, -0.15) is 0 Å². The molecular weight excluding hydrogens is 460 g/mol. The molecule has 0 N–H and O–H groups in total. The highest BCUT2D eigenvalue weighted by Crippen LogP contribution is 2.29. The van der Waals surface area contributed by atoms with E-state index in [4.69, 9.17) is 11.6 Å². The third kappa shape index (κ3) is 5.19. The van der Waals surface area contributed by atoms with Crippen molar-refractivity contribution in [2.45, 2.75) is 6.04 Å². The summed E-state index contributed by atoms with van der Waals surface area (Å²) in [5.41, 5.74) is 3.31. The van der Waals surface area contributed by atoms with E-state index >= 15 is 0 Å². The van der Waals surface area contributed by atoms with E-state index in [1.807, 2.05) is 29.2 Å². The zero-order valence-corrected chi connectivity index (χ0v) is 20.3. The molecule has 2 aliphatic rings. The number of anilines is 1. The van der Waals surface area contributed by atoms with Gasteiger partial charge in [-0.3, -0.25) is 14.6 Å². The lowest BCUT2D eigenvalue weighted by Crippen LogP contribution is -2.52. The van der Waals surface area contributed by atoms with Gasteiger partial charge in [-0.25, -0.2) is 4.79 Å². The van der Waals surface area contributed by atoms with E-state index in [-0.39, 0.29) is 24.5 Å². The van der Waals surface area contributed by atoms with Gasteiger partial charge in [0.05, 0.1) is 6.04 Å². The first kappa shape index (κ1) is 23.4. The molecule has 0 aromatic heterocycles. The lowest BCUT2D eigenvalue weighted by atomic mass is 9.96. The fourth-order valence-corrected chi connectivity index (χ4v) is 5.09. The molecule has 5 rings (SSSR count). The number of hydrogen-bond donors (Lipinski definition) is 0. The molecule has 0 saturated carbocycles. The molecule has 0 radical (unpaired) electrons. The van der Waals surface area contributed by atoms with Crippen LogP contribution >= 0.6 is 11.6 Å². The van der Waals surface area contributed by atoms with Gasteiger partial charge in [0.2, 0.25) is 5.91 Å². The van der Waals surface area contributed by atoms with Crippen LogP contribution in [-0.4, -0.2) is 72.5 Å². The number of nitrogens with zero attached hydrogens (tertiary/aromatic N) is 4. The Kier molecular flexibility index (Phi) is 7.02. The molecule has 2 fully saturated rings. The van der Waals surface area contributed by atoms with Gasteiger partial charge in [0, 0.05) is 50.0 Å². The van der Waals surface area contributed by atoms with Crippen molar-refractivity contribution in [2.75, 3.05) is 50.7 Å². The first-order valence-electron chi connectivity index (χ1n) is 12.0. The topological polar surface area (TPSA) is 47.1 Å². The van der Waals surface area contributed by atoms with Crippen molar-refractivity contribution in [2.24, 2.45) is 0 Å². The quantitative estimate of drug-likeness (QED) is 0.512. The van der Waals surface area contributed by atoms with Crippen molar-refractivity contribution in [1.82, 2.24) is 14.7 Å². The van der Waals surface area contributed by atoms with E-state index in [0.29, 0.717) is 31.2 Å². The highest BCUT2D eigenvalue weighted by atomic mass is 35.5. The van der Waals surface area contributed by atoms with Gasteiger partial charge in [-0.1, -0.05) is 72.3 Å². The Morgan fingerprint density at radius 2 is 1.31 bits per heavy atom. The lowest BCUT2D eigenvalue weighted by molar-refractivity contribution is -0.133. The van der Waals surface area contributed by atoms with Crippen molar-refractivity contribution < 1.29 is 9.59 Å². The molecule has 0 unspecified atom stereocenters. The van der Waals surface area contributed by atoms with Crippen LogP contribution in [0.2, 0.25) is 5.02 Å². The molecule has 0 aliphatic carbocycles. The highest BCUT2D eigenvalue weighted by molar-refractivity contribution is 6.30. The monoisotopic (exact) mass is 488 g/mol. The van der Waals surface area contributed by atoms with Crippen LogP contribution in [0, 0.1) is 0 Å². The summed E-state index contributed by atoms with van der Waals surface area (Å²) < 4.78 is 0. The number of rotatable bonds is 6. The summed E-state index contributed by atoms with van der Waals surface area (Å²) in [5, 5.41) is 0.633. The summed E-state index contributed by atoms with van der Waals surface area (Å²) in [6, 6.07) is 28.3. The number of piperazine rings is 1. The van der Waals surface area contributed by atoms with E-state index in [1.54, 1.807) is 21.9 Å². The molecule has 180 valence electrons. The number of carbonyl (C=O) groups is 2. The Bertz CT molecular complexity index is 1110. The summed E-state index contributed by atoms with van der Waals surface area (Å²) in [6.07, 6.45) is 0. The molecule has 0 bridgehead atoms. The zero-order chi connectivity index (χ0) is 24.2. The molecule has 2 heterocycles. The van der Waals surface area contributed by atoms with Crippen LogP contribution in [0.5, 0.6) is 0 Å².